The Hall–Kier alpha value is -3.36. The average Bonchev–Trinajstić information content (AvgIpc) is 3.23. The highest BCUT2D eigenvalue weighted by Gasteiger charge is 2.42. The van der Waals surface area contributed by atoms with Crippen molar-refractivity contribution in [3.63, 3.8) is 0 Å². The van der Waals surface area contributed by atoms with Crippen LogP contribution in [0, 0.1) is 11.8 Å². The predicted molar refractivity (Wildman–Crippen MR) is 238 cm³/mol. The van der Waals surface area contributed by atoms with Gasteiger partial charge in [-0.25, -0.2) is 0 Å². The van der Waals surface area contributed by atoms with Gasteiger partial charge in [0.2, 0.25) is 0 Å². The molecule has 2 aliphatic rings. The molecule has 2 aliphatic heterocycles. The van der Waals surface area contributed by atoms with E-state index in [9.17, 15) is 60.7 Å². The molecule has 1 fully saturated rings. The maximum atomic E-state index is 12.3. The molecule has 0 aromatic carbocycles. The van der Waals surface area contributed by atoms with Crippen LogP contribution < -0.4 is 5.73 Å². The van der Waals surface area contributed by atoms with Crippen molar-refractivity contribution in [3.05, 3.63) is 85.1 Å². The van der Waals surface area contributed by atoms with Crippen LogP contribution in [-0.4, -0.2) is 143 Å². The lowest BCUT2D eigenvalue weighted by atomic mass is 9.90. The lowest BCUT2D eigenvalue weighted by Crippen LogP contribution is -2.61. The van der Waals surface area contributed by atoms with E-state index in [0.717, 1.165) is 0 Å². The van der Waals surface area contributed by atoms with Gasteiger partial charge >= 0.3 is 11.9 Å². The number of aliphatic carboxylic acids is 1. The van der Waals surface area contributed by atoms with Gasteiger partial charge in [-0.05, 0) is 58.3 Å². The first-order chi connectivity index (χ1) is 29.9. The average molecular weight is 896 g/mol. The lowest BCUT2D eigenvalue weighted by Gasteiger charge is -2.40. The van der Waals surface area contributed by atoms with Gasteiger partial charge in [-0.2, -0.15) is 0 Å². The summed E-state index contributed by atoms with van der Waals surface area (Å²) in [5.74, 6) is -5.56. The molecule has 2 rings (SSSR count). The molecule has 13 atom stereocenters. The largest absolute Gasteiger partial charge is 0.481 e. The highest BCUT2D eigenvalue weighted by molar-refractivity contribution is 5.70. The van der Waals surface area contributed by atoms with Crippen molar-refractivity contribution < 1.29 is 74.9 Å². The Morgan fingerprint density at radius 3 is 1.92 bits per heavy atom. The molecule has 12 N–H and O–H groups in total. The number of allylic oxidation sites excluding steroid dienone is 12. The zero-order valence-electron chi connectivity index (χ0n) is 37.4. The van der Waals surface area contributed by atoms with Crippen LogP contribution in [0.1, 0.15) is 105 Å². The number of aliphatic hydroxyl groups excluding tert-OH is 7. The van der Waals surface area contributed by atoms with Crippen LogP contribution in [0.2, 0.25) is 0 Å². The minimum absolute atomic E-state index is 0.00662. The third-order valence-electron chi connectivity index (χ3n) is 10.7. The fourth-order valence-corrected chi connectivity index (χ4v) is 6.67. The topological polar surface area (TPSA) is 290 Å². The molecule has 63 heavy (non-hydrogen) atoms. The molecule has 0 radical (unpaired) electrons. The van der Waals surface area contributed by atoms with E-state index in [0.29, 0.717) is 12.8 Å². The second-order valence-corrected chi connectivity index (χ2v) is 16.1. The summed E-state index contributed by atoms with van der Waals surface area (Å²) in [6.07, 6.45) is 13.2. The second-order valence-electron chi connectivity index (χ2n) is 16.1. The SMILES string of the molecule is CC.CC1OC(O[C@H]2/C=C/C=C/C=C/C=C/C=C/C=C/C=C/C[C@@H](O)C(C)COC(=O)CCC[C@H](O)CC[C@@H](O)[C@H](O)C[C@H](O)CC(O)(O)CC[C@@H](C(=O)O)CC2)C(O)C(N)C1O. The van der Waals surface area contributed by atoms with E-state index in [1.807, 2.05) is 56.4 Å². The van der Waals surface area contributed by atoms with Crippen molar-refractivity contribution in [2.45, 2.75) is 178 Å². The van der Waals surface area contributed by atoms with Crippen LogP contribution in [0.3, 0.4) is 0 Å². The number of aliphatic hydroxyl groups is 9. The number of rotatable bonds is 3. The Balaban J connectivity index is 0.00000977. The van der Waals surface area contributed by atoms with Crippen LogP contribution in [0.15, 0.2) is 85.1 Å². The summed E-state index contributed by atoms with van der Waals surface area (Å²) in [6.45, 7) is 7.39. The standard InChI is InChI=1S/C45H71NO15.C2H6/c1-30-29-59-39(52)20-16-17-33(47)22-24-37(50)38(51)27-34(48)28-45(57,58)26-25-32(43(55)56)21-23-35(61-44-42(54)40(46)41(53)31(2)60-44)18-14-12-10-8-6-4-3-5-7-9-11-13-15-19-36(30)49;1-2/h3-15,18,30-38,40-42,44,47-51,53-54,57-58H,16-17,19-29,46H2,1-2H3,(H,55,56);1-2H3/b4-3+,7-5+,8-6+,11-9+,12-10+,15-13+,18-14+;/t30?,31?,32-,33-,34-,35-,36+,37+,38+,40?,41?,42?,44?;/m0./s1. The number of cyclic esters (lactones) is 1. The lowest BCUT2D eigenvalue weighted by molar-refractivity contribution is -0.276. The first-order valence-corrected chi connectivity index (χ1v) is 22.2. The van der Waals surface area contributed by atoms with Gasteiger partial charge in [-0.3, -0.25) is 9.59 Å². The number of hydrogen-bond acceptors (Lipinski definition) is 15. The normalized spacial score (nSPS) is 38.3. The van der Waals surface area contributed by atoms with Crippen LogP contribution in [0.4, 0.5) is 0 Å². The van der Waals surface area contributed by atoms with E-state index < -0.39 is 110 Å². The Morgan fingerprint density at radius 2 is 1.32 bits per heavy atom. The van der Waals surface area contributed by atoms with E-state index in [1.54, 1.807) is 56.4 Å². The number of nitrogens with two attached hydrogens (primary N) is 1. The first-order valence-electron chi connectivity index (χ1n) is 22.2. The van der Waals surface area contributed by atoms with Crippen LogP contribution in [0.5, 0.6) is 0 Å². The number of carboxylic acids is 1. The minimum Gasteiger partial charge on any atom is -0.481 e. The molecule has 1 saturated heterocycles. The van der Waals surface area contributed by atoms with E-state index >= 15 is 0 Å². The van der Waals surface area contributed by atoms with Gasteiger partial charge in [0.1, 0.15) is 6.10 Å². The summed E-state index contributed by atoms with van der Waals surface area (Å²) in [5, 5.41) is 105. The van der Waals surface area contributed by atoms with Crippen LogP contribution in [-0.2, 0) is 23.8 Å². The van der Waals surface area contributed by atoms with Crippen molar-refractivity contribution in [2.24, 2.45) is 17.6 Å². The predicted octanol–water partition coefficient (Wildman–Crippen LogP) is 3.15. The Morgan fingerprint density at radius 1 is 0.730 bits per heavy atom. The highest BCUT2D eigenvalue weighted by atomic mass is 16.7. The summed E-state index contributed by atoms with van der Waals surface area (Å²) >= 11 is 0. The van der Waals surface area contributed by atoms with Crippen molar-refractivity contribution in [1.29, 1.82) is 0 Å². The number of carbonyl (C=O) groups is 2. The summed E-state index contributed by atoms with van der Waals surface area (Å²) in [7, 11) is 0. The summed E-state index contributed by atoms with van der Waals surface area (Å²) in [4.78, 5) is 24.5. The van der Waals surface area contributed by atoms with E-state index in [2.05, 4.69) is 0 Å². The monoisotopic (exact) mass is 896 g/mol. The van der Waals surface area contributed by atoms with Crippen LogP contribution >= 0.6 is 0 Å². The molecule has 0 amide bonds. The number of carboxylic acid groups (broad SMARTS) is 1. The van der Waals surface area contributed by atoms with E-state index in [4.69, 9.17) is 19.9 Å². The Bertz CT molecular complexity index is 1480. The fraction of sp³-hybridized carbons (Fsp3) is 0.660. The number of esters is 1. The smallest absolute Gasteiger partial charge is 0.306 e. The maximum absolute atomic E-state index is 12.3. The molecule has 0 spiro atoms. The maximum Gasteiger partial charge on any atom is 0.306 e. The van der Waals surface area contributed by atoms with Crippen molar-refractivity contribution in [3.8, 4) is 0 Å². The third-order valence-corrected chi connectivity index (χ3v) is 10.7. The summed E-state index contributed by atoms with van der Waals surface area (Å²) < 4.78 is 17.0. The molecule has 2 heterocycles. The van der Waals surface area contributed by atoms with Gasteiger partial charge in [0.15, 0.2) is 12.1 Å². The van der Waals surface area contributed by atoms with Crippen LogP contribution in [0.25, 0.3) is 0 Å². The Labute approximate surface area is 373 Å². The molecular weight excluding hydrogens is 819 g/mol. The highest BCUT2D eigenvalue weighted by Crippen LogP contribution is 2.28. The molecule has 16 nitrogen and oxygen atoms in total. The second kappa shape index (κ2) is 32.3. The van der Waals surface area contributed by atoms with Gasteiger partial charge in [0, 0.05) is 31.6 Å². The Kier molecular flexibility index (Phi) is 29.6. The fourth-order valence-electron chi connectivity index (χ4n) is 6.67. The minimum atomic E-state index is -2.51. The van der Waals surface area contributed by atoms with Gasteiger partial charge in [-0.15, -0.1) is 0 Å². The summed E-state index contributed by atoms with van der Waals surface area (Å²) in [5.41, 5.74) is 5.98. The van der Waals surface area contributed by atoms with Gasteiger partial charge in [0.05, 0.1) is 67.4 Å². The molecule has 16 heteroatoms. The molecule has 0 aromatic heterocycles. The quantitative estimate of drug-likeness (QED) is 0.143. The molecule has 0 aliphatic carbocycles. The third kappa shape index (κ3) is 25.1. The van der Waals surface area contributed by atoms with Gasteiger partial charge in [0.25, 0.3) is 0 Å². The summed E-state index contributed by atoms with van der Waals surface area (Å²) in [6, 6.07) is -1.05. The number of ether oxygens (including phenoxy) is 3. The molecular formula is C47H77NO15. The van der Waals surface area contributed by atoms with Gasteiger partial charge in [-0.1, -0.05) is 106 Å². The van der Waals surface area contributed by atoms with Crippen molar-refractivity contribution >= 4 is 11.9 Å². The zero-order valence-corrected chi connectivity index (χ0v) is 37.4. The van der Waals surface area contributed by atoms with Crippen molar-refractivity contribution in [2.75, 3.05) is 6.61 Å². The van der Waals surface area contributed by atoms with E-state index in [1.165, 1.54) is 0 Å². The van der Waals surface area contributed by atoms with Gasteiger partial charge < -0.3 is 71.0 Å². The molecule has 0 aromatic rings. The molecule has 6 unspecified atom stereocenters. The zero-order chi connectivity index (χ0) is 47.4. The van der Waals surface area contributed by atoms with E-state index in [-0.39, 0.29) is 57.5 Å². The first kappa shape index (κ1) is 57.7. The number of carbonyl (C=O) groups excluding carboxylic acids is 1. The molecule has 360 valence electrons. The molecule has 0 bridgehead atoms. The van der Waals surface area contributed by atoms with Crippen molar-refractivity contribution in [1.82, 2.24) is 0 Å². The molecule has 0 saturated carbocycles. The number of hydrogen-bond donors (Lipinski definition) is 11.